The molecule has 2 rings (SSSR count). The normalized spacial score (nSPS) is 11.3. The average Bonchev–Trinajstić information content (AvgIpc) is 2.63. The molecule has 0 spiro atoms. The summed E-state index contributed by atoms with van der Waals surface area (Å²) in [4.78, 5) is 12.2. The number of sulfonamides is 1. The summed E-state index contributed by atoms with van der Waals surface area (Å²) in [5, 5.41) is 2.71. The lowest BCUT2D eigenvalue weighted by atomic mass is 10.3. The topological polar surface area (TPSA) is 75.7 Å². The summed E-state index contributed by atoms with van der Waals surface area (Å²) in [6, 6.07) is 15.5. The molecule has 0 saturated heterocycles. The summed E-state index contributed by atoms with van der Waals surface area (Å²) in [6.45, 7) is 4.62. The van der Waals surface area contributed by atoms with E-state index in [2.05, 4.69) is 5.32 Å². The van der Waals surface area contributed by atoms with Crippen molar-refractivity contribution in [2.75, 3.05) is 25.0 Å². The standard InChI is InChI=1S/C19H24N2O4S/c1-3-21(4-2)26(23,24)18-12-8-9-16(15-18)20-19(22)13-14-25-17-10-6-5-7-11-17/h5-12,15H,3-4,13-14H2,1-2H3,(H,20,22). The van der Waals surface area contributed by atoms with E-state index in [-0.39, 0.29) is 23.8 Å². The van der Waals surface area contributed by atoms with Gasteiger partial charge >= 0.3 is 0 Å². The van der Waals surface area contributed by atoms with Gasteiger partial charge in [0, 0.05) is 18.8 Å². The average molecular weight is 376 g/mol. The quantitative estimate of drug-likeness (QED) is 0.730. The third-order valence-electron chi connectivity index (χ3n) is 3.80. The van der Waals surface area contributed by atoms with Crippen LogP contribution in [-0.2, 0) is 14.8 Å². The molecule has 140 valence electrons. The van der Waals surface area contributed by atoms with Crippen molar-refractivity contribution in [3.05, 3.63) is 54.6 Å². The number of carbonyl (C=O) groups is 1. The summed E-state index contributed by atoms with van der Waals surface area (Å²) < 4.78 is 32.0. The van der Waals surface area contributed by atoms with Gasteiger partial charge in [0.15, 0.2) is 0 Å². The van der Waals surface area contributed by atoms with Crippen molar-refractivity contribution < 1.29 is 17.9 Å². The van der Waals surface area contributed by atoms with Crippen LogP contribution in [0, 0.1) is 0 Å². The van der Waals surface area contributed by atoms with Gasteiger partial charge in [-0.25, -0.2) is 8.42 Å². The van der Waals surface area contributed by atoms with Crippen LogP contribution in [0.2, 0.25) is 0 Å². The molecule has 0 radical (unpaired) electrons. The summed E-state index contributed by atoms with van der Waals surface area (Å²) in [5.41, 5.74) is 0.447. The van der Waals surface area contributed by atoms with Crippen molar-refractivity contribution in [2.45, 2.75) is 25.2 Å². The number of anilines is 1. The Hall–Kier alpha value is -2.38. The minimum absolute atomic E-state index is 0.166. The Morgan fingerprint density at radius 3 is 2.38 bits per heavy atom. The lowest BCUT2D eigenvalue weighted by molar-refractivity contribution is -0.116. The van der Waals surface area contributed by atoms with Crippen LogP contribution in [0.4, 0.5) is 5.69 Å². The maximum absolute atomic E-state index is 12.6. The van der Waals surface area contributed by atoms with Crippen molar-refractivity contribution >= 4 is 21.6 Å². The molecule has 2 aromatic carbocycles. The molecule has 26 heavy (non-hydrogen) atoms. The number of amides is 1. The number of benzene rings is 2. The van der Waals surface area contributed by atoms with E-state index in [9.17, 15) is 13.2 Å². The van der Waals surface area contributed by atoms with Crippen LogP contribution in [0.5, 0.6) is 5.75 Å². The Kier molecular flexibility index (Phi) is 7.17. The highest BCUT2D eigenvalue weighted by molar-refractivity contribution is 7.89. The molecule has 0 aliphatic rings. The van der Waals surface area contributed by atoms with Crippen molar-refractivity contribution in [2.24, 2.45) is 0 Å². The third-order valence-corrected chi connectivity index (χ3v) is 5.85. The van der Waals surface area contributed by atoms with Gasteiger partial charge in [-0.15, -0.1) is 0 Å². The fourth-order valence-corrected chi connectivity index (χ4v) is 3.95. The number of rotatable bonds is 9. The number of para-hydroxylation sites is 1. The second-order valence-electron chi connectivity index (χ2n) is 5.58. The zero-order valence-electron chi connectivity index (χ0n) is 15.0. The Balaban J connectivity index is 1.96. The number of nitrogens with one attached hydrogen (secondary N) is 1. The van der Waals surface area contributed by atoms with E-state index in [1.807, 2.05) is 30.3 Å². The van der Waals surface area contributed by atoms with Gasteiger partial charge in [-0.05, 0) is 30.3 Å². The summed E-state index contributed by atoms with van der Waals surface area (Å²) >= 11 is 0. The van der Waals surface area contributed by atoms with Crippen LogP contribution in [0.25, 0.3) is 0 Å². The predicted octanol–water partition coefficient (Wildman–Crippen LogP) is 3.12. The van der Waals surface area contributed by atoms with Gasteiger partial charge < -0.3 is 10.1 Å². The minimum atomic E-state index is -3.56. The van der Waals surface area contributed by atoms with Crippen LogP contribution in [-0.4, -0.2) is 38.3 Å². The molecule has 1 N–H and O–H groups in total. The van der Waals surface area contributed by atoms with Crippen LogP contribution in [0.1, 0.15) is 20.3 Å². The van der Waals surface area contributed by atoms with Crippen LogP contribution in [0.3, 0.4) is 0 Å². The first kappa shape index (κ1) is 19.9. The van der Waals surface area contributed by atoms with Gasteiger partial charge in [-0.1, -0.05) is 38.1 Å². The van der Waals surface area contributed by atoms with Gasteiger partial charge in [-0.3, -0.25) is 4.79 Å². The van der Waals surface area contributed by atoms with Crippen molar-refractivity contribution in [1.29, 1.82) is 0 Å². The molecule has 0 saturated carbocycles. The van der Waals surface area contributed by atoms with Gasteiger partial charge in [0.25, 0.3) is 0 Å². The van der Waals surface area contributed by atoms with E-state index in [4.69, 9.17) is 4.74 Å². The summed E-state index contributed by atoms with van der Waals surface area (Å²) in [7, 11) is -3.56. The maximum atomic E-state index is 12.6. The molecule has 0 bridgehead atoms. The molecule has 0 aromatic heterocycles. The first-order chi connectivity index (χ1) is 12.5. The van der Waals surface area contributed by atoms with E-state index in [0.29, 0.717) is 24.5 Å². The fraction of sp³-hybridized carbons (Fsp3) is 0.316. The van der Waals surface area contributed by atoms with Gasteiger partial charge in [0.05, 0.1) is 17.9 Å². The molecule has 0 aliphatic heterocycles. The molecular weight excluding hydrogens is 352 g/mol. The second kappa shape index (κ2) is 9.35. The number of nitrogens with zero attached hydrogens (tertiary/aromatic N) is 1. The number of hydrogen-bond donors (Lipinski definition) is 1. The zero-order chi connectivity index (χ0) is 19.0. The highest BCUT2D eigenvalue weighted by Gasteiger charge is 2.21. The summed E-state index contributed by atoms with van der Waals surface area (Å²) in [6.07, 6.45) is 0.169. The molecule has 0 fully saturated rings. The smallest absolute Gasteiger partial charge is 0.243 e. The molecule has 6 nitrogen and oxygen atoms in total. The van der Waals surface area contributed by atoms with Crippen LogP contribution >= 0.6 is 0 Å². The highest BCUT2D eigenvalue weighted by atomic mass is 32.2. The molecule has 0 aliphatic carbocycles. The van der Waals surface area contributed by atoms with E-state index >= 15 is 0 Å². The number of ether oxygens (including phenoxy) is 1. The van der Waals surface area contributed by atoms with Crippen LogP contribution < -0.4 is 10.1 Å². The lowest BCUT2D eigenvalue weighted by Crippen LogP contribution is -2.30. The van der Waals surface area contributed by atoms with Crippen molar-refractivity contribution in [3.8, 4) is 5.75 Å². The monoisotopic (exact) mass is 376 g/mol. The zero-order valence-corrected chi connectivity index (χ0v) is 15.8. The van der Waals surface area contributed by atoms with Crippen molar-refractivity contribution in [1.82, 2.24) is 4.31 Å². The highest BCUT2D eigenvalue weighted by Crippen LogP contribution is 2.19. The Morgan fingerprint density at radius 2 is 1.73 bits per heavy atom. The second-order valence-corrected chi connectivity index (χ2v) is 7.51. The third kappa shape index (κ3) is 5.31. The molecule has 1 amide bonds. The predicted molar refractivity (Wildman–Crippen MR) is 102 cm³/mol. The number of hydrogen-bond acceptors (Lipinski definition) is 4. The van der Waals surface area contributed by atoms with E-state index in [1.54, 1.807) is 26.0 Å². The first-order valence-electron chi connectivity index (χ1n) is 8.55. The molecule has 2 aromatic rings. The van der Waals surface area contributed by atoms with Crippen LogP contribution in [0.15, 0.2) is 59.5 Å². The first-order valence-corrected chi connectivity index (χ1v) is 9.99. The lowest BCUT2D eigenvalue weighted by Gasteiger charge is -2.18. The van der Waals surface area contributed by atoms with Gasteiger partial charge in [-0.2, -0.15) is 4.31 Å². The minimum Gasteiger partial charge on any atom is -0.493 e. The maximum Gasteiger partial charge on any atom is 0.243 e. The Morgan fingerprint density at radius 1 is 1.04 bits per heavy atom. The summed E-state index contributed by atoms with van der Waals surface area (Å²) in [5.74, 6) is 0.464. The van der Waals surface area contributed by atoms with E-state index in [0.717, 1.165) is 0 Å². The van der Waals surface area contributed by atoms with E-state index in [1.165, 1.54) is 16.4 Å². The Bertz CT molecular complexity index is 818. The van der Waals surface area contributed by atoms with Gasteiger partial charge in [0.1, 0.15) is 5.75 Å². The molecule has 0 atom stereocenters. The van der Waals surface area contributed by atoms with Crippen molar-refractivity contribution in [3.63, 3.8) is 0 Å². The molecule has 0 unspecified atom stereocenters. The van der Waals surface area contributed by atoms with Gasteiger partial charge in [0.2, 0.25) is 15.9 Å². The SMILES string of the molecule is CCN(CC)S(=O)(=O)c1cccc(NC(=O)CCOc2ccccc2)c1. The largest absolute Gasteiger partial charge is 0.493 e. The molecule has 7 heteroatoms. The number of carbonyl (C=O) groups excluding carboxylic acids is 1. The molecular formula is C19H24N2O4S. The Labute approximate surface area is 154 Å². The van der Waals surface area contributed by atoms with E-state index < -0.39 is 10.0 Å². The fourth-order valence-electron chi connectivity index (χ4n) is 2.45. The molecule has 0 heterocycles.